The second-order valence-corrected chi connectivity index (χ2v) is 7.38. The van der Waals surface area contributed by atoms with E-state index in [1.807, 2.05) is 31.2 Å². The highest BCUT2D eigenvalue weighted by atomic mass is 16.1. The van der Waals surface area contributed by atoms with Crippen LogP contribution in [-0.2, 0) is 6.42 Å². The van der Waals surface area contributed by atoms with Crippen LogP contribution in [-0.4, -0.2) is 64.8 Å². The van der Waals surface area contributed by atoms with E-state index >= 15 is 0 Å². The predicted molar refractivity (Wildman–Crippen MR) is 118 cm³/mol. The second kappa shape index (κ2) is 9.54. The molecule has 0 radical (unpaired) electrons. The number of hydrogen-bond donors (Lipinski definition) is 1. The normalized spacial score (nSPS) is 14.6. The number of aromatic nitrogens is 3. The van der Waals surface area contributed by atoms with Crippen molar-refractivity contribution in [2.75, 3.05) is 44.2 Å². The quantitative estimate of drug-likeness (QED) is 0.655. The van der Waals surface area contributed by atoms with Gasteiger partial charge in [-0.25, -0.2) is 9.67 Å². The minimum atomic E-state index is -0.0723. The van der Waals surface area contributed by atoms with E-state index in [9.17, 15) is 4.79 Å². The summed E-state index contributed by atoms with van der Waals surface area (Å²) >= 11 is 0. The molecule has 30 heavy (non-hydrogen) atoms. The molecule has 3 aromatic rings. The van der Waals surface area contributed by atoms with Crippen LogP contribution < -0.4 is 10.2 Å². The maximum absolute atomic E-state index is 12.7. The molecule has 1 aromatic carbocycles. The number of nitrogens with zero attached hydrogens (tertiary/aromatic N) is 5. The molecule has 0 bridgehead atoms. The predicted octanol–water partition coefficient (Wildman–Crippen LogP) is 2.38. The van der Waals surface area contributed by atoms with Gasteiger partial charge in [-0.1, -0.05) is 31.2 Å². The largest absolute Gasteiger partial charge is 0.369 e. The van der Waals surface area contributed by atoms with Gasteiger partial charge < -0.3 is 10.2 Å². The lowest BCUT2D eigenvalue weighted by Gasteiger charge is -2.36. The van der Waals surface area contributed by atoms with Gasteiger partial charge in [-0.05, 0) is 30.7 Å². The number of pyridine rings is 1. The van der Waals surface area contributed by atoms with Crippen LogP contribution in [0.3, 0.4) is 0 Å². The molecule has 156 valence electrons. The number of piperazine rings is 1. The second-order valence-electron chi connectivity index (χ2n) is 7.38. The third kappa shape index (κ3) is 4.52. The lowest BCUT2D eigenvalue weighted by Crippen LogP contribution is -2.48. The zero-order valence-corrected chi connectivity index (χ0v) is 17.4. The molecule has 0 unspecified atom stereocenters. The molecule has 0 saturated carbocycles. The molecule has 1 fully saturated rings. The van der Waals surface area contributed by atoms with Crippen molar-refractivity contribution >= 4 is 11.6 Å². The summed E-state index contributed by atoms with van der Waals surface area (Å²) in [4.78, 5) is 21.9. The van der Waals surface area contributed by atoms with Gasteiger partial charge in [0.05, 0.1) is 17.5 Å². The third-order valence-electron chi connectivity index (χ3n) is 5.52. The molecule has 7 heteroatoms. The van der Waals surface area contributed by atoms with Crippen molar-refractivity contribution in [1.29, 1.82) is 0 Å². The Morgan fingerprint density at radius 2 is 1.80 bits per heavy atom. The van der Waals surface area contributed by atoms with Gasteiger partial charge in [0.25, 0.3) is 5.91 Å². The monoisotopic (exact) mass is 404 g/mol. The van der Waals surface area contributed by atoms with Crippen molar-refractivity contribution in [1.82, 2.24) is 25.0 Å². The fourth-order valence-electron chi connectivity index (χ4n) is 3.87. The molecule has 1 N–H and O–H groups in total. The summed E-state index contributed by atoms with van der Waals surface area (Å²) in [5.74, 6) is 0.654. The van der Waals surface area contributed by atoms with Crippen LogP contribution in [0.4, 0.5) is 5.69 Å². The molecular weight excluding hydrogens is 376 g/mol. The molecule has 0 atom stereocenters. The molecule has 4 rings (SSSR count). The van der Waals surface area contributed by atoms with Crippen molar-refractivity contribution in [2.45, 2.75) is 13.3 Å². The molecule has 1 saturated heterocycles. The van der Waals surface area contributed by atoms with Crippen LogP contribution in [0.5, 0.6) is 0 Å². The number of amides is 1. The molecule has 1 aliphatic rings. The summed E-state index contributed by atoms with van der Waals surface area (Å²) in [7, 11) is 0. The average Bonchev–Trinajstić information content (AvgIpc) is 3.25. The molecule has 0 aliphatic carbocycles. The lowest BCUT2D eigenvalue weighted by molar-refractivity contribution is 0.0947. The lowest BCUT2D eigenvalue weighted by atomic mass is 10.2. The summed E-state index contributed by atoms with van der Waals surface area (Å²) in [6.07, 6.45) is 4.08. The molecule has 1 amide bonds. The van der Waals surface area contributed by atoms with Crippen LogP contribution in [0.25, 0.3) is 5.82 Å². The van der Waals surface area contributed by atoms with E-state index in [1.54, 1.807) is 17.1 Å². The van der Waals surface area contributed by atoms with Gasteiger partial charge in [-0.15, -0.1) is 0 Å². The van der Waals surface area contributed by atoms with Crippen molar-refractivity contribution < 1.29 is 4.79 Å². The van der Waals surface area contributed by atoms with Crippen molar-refractivity contribution in [3.05, 3.63) is 72.2 Å². The topological polar surface area (TPSA) is 66.3 Å². The van der Waals surface area contributed by atoms with Gasteiger partial charge in [0, 0.05) is 51.2 Å². The highest BCUT2D eigenvalue weighted by Gasteiger charge is 2.19. The number of carbonyl (C=O) groups is 1. The number of anilines is 1. The van der Waals surface area contributed by atoms with Gasteiger partial charge in [-0.2, -0.15) is 5.10 Å². The first-order chi connectivity index (χ1) is 14.8. The van der Waals surface area contributed by atoms with Gasteiger partial charge in [-0.3, -0.25) is 9.69 Å². The number of para-hydroxylation sites is 1. The Morgan fingerprint density at radius 3 is 2.50 bits per heavy atom. The smallest absolute Gasteiger partial charge is 0.254 e. The maximum atomic E-state index is 12.7. The van der Waals surface area contributed by atoms with E-state index in [1.165, 1.54) is 5.69 Å². The number of carbonyl (C=O) groups excluding carboxylic acids is 1. The van der Waals surface area contributed by atoms with Crippen LogP contribution in [0, 0.1) is 0 Å². The van der Waals surface area contributed by atoms with E-state index < -0.39 is 0 Å². The fraction of sp³-hybridized carbons (Fsp3) is 0.348. The van der Waals surface area contributed by atoms with Crippen molar-refractivity contribution in [3.63, 3.8) is 0 Å². The Hall–Kier alpha value is -3.19. The van der Waals surface area contributed by atoms with E-state index in [-0.39, 0.29) is 5.91 Å². The number of rotatable bonds is 7. The van der Waals surface area contributed by atoms with Crippen molar-refractivity contribution in [2.24, 2.45) is 0 Å². The van der Waals surface area contributed by atoms with Crippen LogP contribution in [0.1, 0.15) is 23.0 Å². The van der Waals surface area contributed by atoms with Gasteiger partial charge in [0.15, 0.2) is 5.82 Å². The molecule has 0 spiro atoms. The zero-order valence-electron chi connectivity index (χ0n) is 17.4. The molecule has 3 heterocycles. The van der Waals surface area contributed by atoms with E-state index in [4.69, 9.17) is 0 Å². The minimum absolute atomic E-state index is 0.0723. The number of nitrogens with one attached hydrogen (secondary N) is 1. The zero-order chi connectivity index (χ0) is 20.8. The summed E-state index contributed by atoms with van der Waals surface area (Å²) < 4.78 is 1.75. The minimum Gasteiger partial charge on any atom is -0.369 e. The molecule has 7 nitrogen and oxygen atoms in total. The highest BCUT2D eigenvalue weighted by Crippen LogP contribution is 2.16. The van der Waals surface area contributed by atoms with E-state index in [0.29, 0.717) is 18.5 Å². The van der Waals surface area contributed by atoms with Crippen LogP contribution >= 0.6 is 0 Å². The van der Waals surface area contributed by atoms with Crippen LogP contribution in [0.15, 0.2) is 60.9 Å². The van der Waals surface area contributed by atoms with Gasteiger partial charge in [0.1, 0.15) is 0 Å². The Morgan fingerprint density at radius 1 is 1.03 bits per heavy atom. The Balaban J connectivity index is 1.28. The summed E-state index contributed by atoms with van der Waals surface area (Å²) in [5.41, 5.74) is 2.78. The van der Waals surface area contributed by atoms with E-state index in [2.05, 4.69) is 49.5 Å². The Bertz CT molecular complexity index is 948. The molecule has 1 aliphatic heterocycles. The summed E-state index contributed by atoms with van der Waals surface area (Å²) in [6, 6.07) is 16.2. The maximum Gasteiger partial charge on any atom is 0.254 e. The summed E-state index contributed by atoms with van der Waals surface area (Å²) in [5, 5.41) is 7.45. The van der Waals surface area contributed by atoms with Crippen molar-refractivity contribution in [3.8, 4) is 5.82 Å². The number of hydrogen-bond acceptors (Lipinski definition) is 5. The molecule has 2 aromatic heterocycles. The number of benzene rings is 1. The van der Waals surface area contributed by atoms with Gasteiger partial charge in [0.2, 0.25) is 0 Å². The van der Waals surface area contributed by atoms with Gasteiger partial charge >= 0.3 is 0 Å². The van der Waals surface area contributed by atoms with Crippen LogP contribution in [0.2, 0.25) is 0 Å². The fourth-order valence-corrected chi connectivity index (χ4v) is 3.87. The highest BCUT2D eigenvalue weighted by molar-refractivity contribution is 5.95. The standard InChI is InChI=1S/C23H28N6O/c1-2-21-20(18-26-29(21)22-10-6-7-11-24-22)23(30)25-12-13-27-14-16-28(17-15-27)19-8-4-3-5-9-19/h3-11,18H,2,12-17H2,1H3,(H,25,30). The average molecular weight is 405 g/mol. The SMILES string of the molecule is CCc1c(C(=O)NCCN2CCN(c3ccccc3)CC2)cnn1-c1ccccn1. The first kappa shape index (κ1) is 20.1. The third-order valence-corrected chi connectivity index (χ3v) is 5.52. The Labute approximate surface area is 177 Å². The first-order valence-corrected chi connectivity index (χ1v) is 10.5. The Kier molecular flexibility index (Phi) is 6.39. The van der Waals surface area contributed by atoms with E-state index in [0.717, 1.165) is 44.2 Å². The molecular formula is C23H28N6O. The summed E-state index contributed by atoms with van der Waals surface area (Å²) in [6.45, 7) is 7.53. The first-order valence-electron chi connectivity index (χ1n) is 10.5.